The molecule has 0 bridgehead atoms. The van der Waals surface area contributed by atoms with Crippen LogP contribution in [0.1, 0.15) is 30.7 Å². The summed E-state index contributed by atoms with van der Waals surface area (Å²) < 4.78 is 6.80. The van der Waals surface area contributed by atoms with Gasteiger partial charge in [-0.05, 0) is 37.4 Å². The van der Waals surface area contributed by atoms with E-state index in [0.717, 1.165) is 68.9 Å². The van der Waals surface area contributed by atoms with Gasteiger partial charge in [0.05, 0.1) is 12.3 Å². The maximum absolute atomic E-state index is 12.1. The summed E-state index contributed by atoms with van der Waals surface area (Å²) in [5, 5.41) is 8.24. The average molecular weight is 490 g/mol. The van der Waals surface area contributed by atoms with Gasteiger partial charge in [0.15, 0.2) is 0 Å². The Kier molecular flexibility index (Phi) is 7.58. The molecule has 0 amide bonds. The summed E-state index contributed by atoms with van der Waals surface area (Å²) in [5.74, 6) is 0.343. The molecule has 2 aromatic heterocycles. The number of hydrogen-bond donors (Lipinski definition) is 1. The molecule has 1 saturated heterocycles. The minimum atomic E-state index is -0.289. The number of anilines is 1. The molecule has 5 rings (SSSR count). The highest BCUT2D eigenvalue weighted by Crippen LogP contribution is 2.26. The minimum absolute atomic E-state index is 0.0905. The molecule has 0 unspecified atom stereocenters. The van der Waals surface area contributed by atoms with E-state index in [0.29, 0.717) is 18.6 Å². The second-order valence-corrected chi connectivity index (χ2v) is 9.52. The monoisotopic (exact) mass is 489 g/mol. The molecule has 1 aliphatic carbocycles. The Morgan fingerprint density at radius 2 is 1.69 bits per heavy atom. The first kappa shape index (κ1) is 24.4. The molecular weight excluding hydrogens is 454 g/mol. The molecule has 9 heteroatoms. The fraction of sp³-hybridized carbons (Fsp3) is 0.481. The van der Waals surface area contributed by atoms with Gasteiger partial charge in [-0.1, -0.05) is 31.2 Å². The number of likely N-dealkylation sites (N-methyl/N-ethyl adjacent to an activating group) is 1. The van der Waals surface area contributed by atoms with Crippen molar-refractivity contribution in [1.82, 2.24) is 29.5 Å². The van der Waals surface area contributed by atoms with E-state index in [2.05, 4.69) is 56.3 Å². The fourth-order valence-corrected chi connectivity index (χ4v) is 5.10. The fourth-order valence-electron chi connectivity index (χ4n) is 5.10. The van der Waals surface area contributed by atoms with Crippen LogP contribution in [-0.2, 0) is 35.5 Å². The van der Waals surface area contributed by atoms with Crippen molar-refractivity contribution in [3.63, 3.8) is 0 Å². The number of rotatable bonds is 9. The predicted octanol–water partition coefficient (Wildman–Crippen LogP) is 2.62. The van der Waals surface area contributed by atoms with Gasteiger partial charge in [0, 0.05) is 68.5 Å². The largest absolute Gasteiger partial charge is 0.465 e. The molecule has 0 radical (unpaired) electrons. The van der Waals surface area contributed by atoms with Gasteiger partial charge >= 0.3 is 5.97 Å². The summed E-state index contributed by atoms with van der Waals surface area (Å²) >= 11 is 0. The number of carbonyl (C=O) groups excluding carboxylic acids is 1. The SMILES string of the molecule is CCOC(=O)Cn1cc(-c2cnc(NC3Cc4ccccc4C3)nc2)c(CN2CCN(CC)CC2)n1. The molecule has 3 heterocycles. The van der Waals surface area contributed by atoms with E-state index in [1.54, 1.807) is 4.68 Å². The van der Waals surface area contributed by atoms with Gasteiger partial charge in [-0.3, -0.25) is 14.4 Å². The lowest BCUT2D eigenvalue weighted by atomic mass is 10.1. The highest BCUT2D eigenvalue weighted by Gasteiger charge is 2.23. The summed E-state index contributed by atoms with van der Waals surface area (Å²) in [4.78, 5) is 26.2. The molecule has 3 aromatic rings. The van der Waals surface area contributed by atoms with Crippen molar-refractivity contribution in [1.29, 1.82) is 0 Å². The predicted molar refractivity (Wildman–Crippen MR) is 139 cm³/mol. The van der Waals surface area contributed by atoms with Crippen LogP contribution < -0.4 is 5.32 Å². The Balaban J connectivity index is 1.30. The zero-order valence-corrected chi connectivity index (χ0v) is 21.2. The molecule has 9 nitrogen and oxygen atoms in total. The Morgan fingerprint density at radius 1 is 1.03 bits per heavy atom. The third kappa shape index (κ3) is 5.74. The van der Waals surface area contributed by atoms with Crippen molar-refractivity contribution in [2.75, 3.05) is 44.6 Å². The topological polar surface area (TPSA) is 88.4 Å². The molecule has 1 aromatic carbocycles. The van der Waals surface area contributed by atoms with E-state index in [9.17, 15) is 4.79 Å². The van der Waals surface area contributed by atoms with Crippen LogP contribution in [0.25, 0.3) is 11.1 Å². The Morgan fingerprint density at radius 3 is 2.33 bits per heavy atom. The lowest BCUT2D eigenvalue weighted by molar-refractivity contribution is -0.144. The number of esters is 1. The van der Waals surface area contributed by atoms with Gasteiger partial charge < -0.3 is 15.0 Å². The number of fused-ring (bicyclic) bond motifs is 1. The van der Waals surface area contributed by atoms with Crippen molar-refractivity contribution in [3.8, 4) is 11.1 Å². The number of piperazine rings is 1. The van der Waals surface area contributed by atoms with Crippen LogP contribution in [0.4, 0.5) is 5.95 Å². The number of ether oxygens (including phenoxy) is 1. The van der Waals surface area contributed by atoms with Gasteiger partial charge in [-0.2, -0.15) is 5.10 Å². The van der Waals surface area contributed by atoms with Crippen LogP contribution in [-0.4, -0.2) is 80.9 Å². The van der Waals surface area contributed by atoms with Crippen molar-refractivity contribution in [2.24, 2.45) is 0 Å². The van der Waals surface area contributed by atoms with Gasteiger partial charge in [-0.25, -0.2) is 9.97 Å². The maximum Gasteiger partial charge on any atom is 0.327 e. The lowest BCUT2D eigenvalue weighted by Crippen LogP contribution is -2.45. The zero-order valence-electron chi connectivity index (χ0n) is 21.2. The van der Waals surface area contributed by atoms with Crippen molar-refractivity contribution >= 4 is 11.9 Å². The lowest BCUT2D eigenvalue weighted by Gasteiger charge is -2.33. The number of nitrogens with one attached hydrogen (secondary N) is 1. The highest BCUT2D eigenvalue weighted by molar-refractivity contribution is 5.70. The van der Waals surface area contributed by atoms with Gasteiger partial charge in [0.1, 0.15) is 6.54 Å². The van der Waals surface area contributed by atoms with Crippen LogP contribution in [0, 0.1) is 0 Å². The molecule has 36 heavy (non-hydrogen) atoms. The Labute approximate surface area is 212 Å². The zero-order chi connectivity index (χ0) is 24.9. The van der Waals surface area contributed by atoms with Crippen molar-refractivity contribution in [2.45, 2.75) is 45.8 Å². The molecule has 1 aliphatic heterocycles. The molecule has 0 spiro atoms. The van der Waals surface area contributed by atoms with E-state index in [-0.39, 0.29) is 12.5 Å². The van der Waals surface area contributed by atoms with E-state index < -0.39 is 0 Å². The van der Waals surface area contributed by atoms with Crippen LogP contribution in [0.2, 0.25) is 0 Å². The quantitative estimate of drug-likeness (QED) is 0.459. The van der Waals surface area contributed by atoms with Crippen molar-refractivity contribution in [3.05, 3.63) is 59.7 Å². The first-order chi connectivity index (χ1) is 17.6. The molecule has 0 atom stereocenters. The number of nitrogens with zero attached hydrogens (tertiary/aromatic N) is 6. The molecule has 1 fully saturated rings. The number of aromatic nitrogens is 4. The number of benzene rings is 1. The highest BCUT2D eigenvalue weighted by atomic mass is 16.5. The molecule has 190 valence electrons. The van der Waals surface area contributed by atoms with Gasteiger partial charge in [0.2, 0.25) is 5.95 Å². The number of hydrogen-bond acceptors (Lipinski definition) is 8. The normalized spacial score (nSPS) is 16.7. The third-order valence-electron chi connectivity index (χ3n) is 7.07. The van der Waals surface area contributed by atoms with Crippen molar-refractivity contribution < 1.29 is 9.53 Å². The van der Waals surface area contributed by atoms with E-state index in [1.165, 1.54) is 11.1 Å². The summed E-state index contributed by atoms with van der Waals surface area (Å²) in [5.41, 5.74) is 5.57. The second-order valence-electron chi connectivity index (χ2n) is 9.52. The Hall–Kier alpha value is -3.30. The van der Waals surface area contributed by atoms with Gasteiger partial charge in [-0.15, -0.1) is 0 Å². The first-order valence-corrected chi connectivity index (χ1v) is 12.9. The molecule has 0 saturated carbocycles. The summed E-state index contributed by atoms with van der Waals surface area (Å²) in [6.45, 7) is 10.4. The van der Waals surface area contributed by atoms with E-state index in [4.69, 9.17) is 9.84 Å². The molecular formula is C27H35N7O2. The van der Waals surface area contributed by atoms with E-state index >= 15 is 0 Å². The van der Waals surface area contributed by atoms with Crippen LogP contribution in [0.5, 0.6) is 0 Å². The van der Waals surface area contributed by atoms with Gasteiger partial charge in [0.25, 0.3) is 0 Å². The summed E-state index contributed by atoms with van der Waals surface area (Å²) in [6, 6.07) is 8.88. The first-order valence-electron chi connectivity index (χ1n) is 12.9. The average Bonchev–Trinajstić information content (AvgIpc) is 3.48. The number of carbonyl (C=O) groups is 1. The standard InChI is InChI=1S/C27H35N7O2/c1-3-32-9-11-33(12-10-32)18-25-24(17-34(31-25)19-26(35)36-4-2)22-15-28-27(29-16-22)30-23-13-20-7-5-6-8-21(20)14-23/h5-8,15-17,23H,3-4,9-14,18-19H2,1-2H3,(H,28,29,30). The van der Waals surface area contributed by atoms with Crippen LogP contribution >= 0.6 is 0 Å². The Bertz CT molecular complexity index is 1140. The summed E-state index contributed by atoms with van der Waals surface area (Å²) in [7, 11) is 0. The third-order valence-corrected chi connectivity index (χ3v) is 7.07. The van der Waals surface area contributed by atoms with Crippen LogP contribution in [0.15, 0.2) is 42.9 Å². The maximum atomic E-state index is 12.1. The second kappa shape index (κ2) is 11.2. The van der Waals surface area contributed by atoms with Crippen LogP contribution in [0.3, 0.4) is 0 Å². The van der Waals surface area contributed by atoms with E-state index in [1.807, 2.05) is 25.5 Å². The summed E-state index contributed by atoms with van der Waals surface area (Å²) in [6.07, 6.45) is 7.58. The minimum Gasteiger partial charge on any atom is -0.465 e. The molecule has 2 aliphatic rings. The molecule has 1 N–H and O–H groups in total. The smallest absolute Gasteiger partial charge is 0.327 e.